The second kappa shape index (κ2) is 6.94. The molecule has 0 radical (unpaired) electrons. The lowest BCUT2D eigenvalue weighted by molar-refractivity contribution is 0.199. The van der Waals surface area contributed by atoms with E-state index in [2.05, 4.69) is 20.8 Å². The van der Waals surface area contributed by atoms with Crippen molar-refractivity contribution < 1.29 is 9.13 Å². The van der Waals surface area contributed by atoms with Crippen LogP contribution in [0, 0.1) is 5.82 Å². The van der Waals surface area contributed by atoms with Gasteiger partial charge in [-0.3, -0.25) is 0 Å². The van der Waals surface area contributed by atoms with Crippen LogP contribution >= 0.6 is 23.2 Å². The van der Waals surface area contributed by atoms with Gasteiger partial charge in [-0.05, 0) is 22.6 Å². The zero-order valence-electron chi connectivity index (χ0n) is 10.6. The molecule has 6 nitrogen and oxygen atoms in total. The molecule has 0 aliphatic rings. The van der Waals surface area contributed by atoms with Crippen LogP contribution in [0.3, 0.4) is 0 Å². The largest absolute Gasteiger partial charge is 0.383 e. The Kier molecular flexibility index (Phi) is 5.24. The number of ether oxygens (including phenoxy) is 1. The molecule has 0 saturated carbocycles. The van der Waals surface area contributed by atoms with Crippen LogP contribution in [0.5, 0.6) is 0 Å². The number of aromatic nitrogens is 4. The number of tetrazole rings is 1. The van der Waals surface area contributed by atoms with Crippen LogP contribution in [-0.4, -0.2) is 40.5 Å². The minimum Gasteiger partial charge on any atom is -0.383 e. The minimum atomic E-state index is -0.517. The van der Waals surface area contributed by atoms with E-state index in [1.165, 1.54) is 4.68 Å². The Hall–Kier alpha value is -1.28. The number of nitrogens with zero attached hydrogens (tertiary/aromatic N) is 4. The van der Waals surface area contributed by atoms with Gasteiger partial charge in [0.25, 0.3) is 0 Å². The minimum absolute atomic E-state index is 0.139. The van der Waals surface area contributed by atoms with Gasteiger partial charge in [0.1, 0.15) is 11.5 Å². The highest BCUT2D eigenvalue weighted by Gasteiger charge is 2.16. The normalized spacial score (nSPS) is 11.0. The summed E-state index contributed by atoms with van der Waals surface area (Å²) in [6.07, 6.45) is 0. The highest BCUT2D eigenvalue weighted by molar-refractivity contribution is 6.37. The van der Waals surface area contributed by atoms with E-state index < -0.39 is 5.82 Å². The maximum Gasteiger partial charge on any atom is 0.170 e. The van der Waals surface area contributed by atoms with Crippen LogP contribution in [0.2, 0.25) is 10.0 Å². The van der Waals surface area contributed by atoms with Crippen LogP contribution in [-0.2, 0) is 11.3 Å². The van der Waals surface area contributed by atoms with E-state index in [-0.39, 0.29) is 10.0 Å². The molecule has 0 unspecified atom stereocenters. The SMILES string of the molecule is COCCNCc1nnnn1-c1c(Cl)cc(F)cc1Cl. The van der Waals surface area contributed by atoms with Crippen LogP contribution in [0.15, 0.2) is 12.1 Å². The molecule has 108 valence electrons. The van der Waals surface area contributed by atoms with Crippen molar-refractivity contribution in [3.63, 3.8) is 0 Å². The van der Waals surface area contributed by atoms with Gasteiger partial charge in [-0.2, -0.15) is 4.68 Å². The van der Waals surface area contributed by atoms with Gasteiger partial charge in [-0.25, -0.2) is 4.39 Å². The van der Waals surface area contributed by atoms with Gasteiger partial charge in [0.2, 0.25) is 0 Å². The zero-order valence-corrected chi connectivity index (χ0v) is 12.1. The molecule has 1 heterocycles. The van der Waals surface area contributed by atoms with Crippen molar-refractivity contribution in [3.05, 3.63) is 33.8 Å². The van der Waals surface area contributed by atoms with Gasteiger partial charge < -0.3 is 10.1 Å². The molecule has 2 aromatic rings. The maximum atomic E-state index is 13.2. The number of hydrogen-bond donors (Lipinski definition) is 1. The van der Waals surface area contributed by atoms with E-state index in [0.717, 1.165) is 12.1 Å². The topological polar surface area (TPSA) is 64.9 Å². The van der Waals surface area contributed by atoms with Crippen molar-refractivity contribution in [2.75, 3.05) is 20.3 Å². The number of benzene rings is 1. The zero-order chi connectivity index (χ0) is 14.5. The fraction of sp³-hybridized carbons (Fsp3) is 0.364. The Morgan fingerprint density at radius 1 is 1.35 bits per heavy atom. The van der Waals surface area contributed by atoms with E-state index in [9.17, 15) is 4.39 Å². The second-order valence-corrected chi connectivity index (χ2v) is 4.71. The summed E-state index contributed by atoms with van der Waals surface area (Å²) < 4.78 is 19.5. The van der Waals surface area contributed by atoms with Crippen LogP contribution < -0.4 is 5.32 Å². The number of methoxy groups -OCH3 is 1. The monoisotopic (exact) mass is 319 g/mol. The highest BCUT2D eigenvalue weighted by Crippen LogP contribution is 2.29. The summed E-state index contributed by atoms with van der Waals surface area (Å²) >= 11 is 12.0. The number of nitrogens with one attached hydrogen (secondary N) is 1. The van der Waals surface area contributed by atoms with Crippen molar-refractivity contribution >= 4 is 23.2 Å². The van der Waals surface area contributed by atoms with Gasteiger partial charge in [0.05, 0.1) is 23.2 Å². The van der Waals surface area contributed by atoms with Gasteiger partial charge in [0, 0.05) is 13.7 Å². The molecule has 0 aliphatic carbocycles. The Labute approximate surface area is 124 Å². The average molecular weight is 320 g/mol. The third-order valence-electron chi connectivity index (χ3n) is 2.49. The first kappa shape index (κ1) is 15.1. The van der Waals surface area contributed by atoms with E-state index in [4.69, 9.17) is 27.9 Å². The summed E-state index contributed by atoms with van der Waals surface area (Å²) in [7, 11) is 1.61. The Balaban J connectivity index is 2.24. The van der Waals surface area contributed by atoms with E-state index in [1.807, 2.05) is 0 Å². The van der Waals surface area contributed by atoms with Crippen molar-refractivity contribution in [2.45, 2.75) is 6.54 Å². The average Bonchev–Trinajstić information content (AvgIpc) is 2.82. The molecule has 20 heavy (non-hydrogen) atoms. The summed E-state index contributed by atoms with van der Waals surface area (Å²) in [5, 5.41) is 14.7. The molecule has 1 aromatic carbocycles. The van der Waals surface area contributed by atoms with E-state index >= 15 is 0 Å². The second-order valence-electron chi connectivity index (χ2n) is 3.89. The molecule has 0 atom stereocenters. The van der Waals surface area contributed by atoms with Crippen molar-refractivity contribution in [1.29, 1.82) is 0 Å². The maximum absolute atomic E-state index is 13.2. The Bertz CT molecular complexity index is 569. The fourth-order valence-electron chi connectivity index (χ4n) is 1.60. The summed E-state index contributed by atoms with van der Waals surface area (Å²) in [6, 6.07) is 2.32. The summed E-state index contributed by atoms with van der Waals surface area (Å²) in [5.41, 5.74) is 0.350. The van der Waals surface area contributed by atoms with E-state index in [0.29, 0.717) is 31.2 Å². The molecule has 0 aliphatic heterocycles. The number of halogens is 3. The fourth-order valence-corrected chi connectivity index (χ4v) is 2.22. The van der Waals surface area contributed by atoms with Crippen LogP contribution in [0.25, 0.3) is 5.69 Å². The molecule has 0 fully saturated rings. The van der Waals surface area contributed by atoms with Gasteiger partial charge in [-0.15, -0.1) is 5.10 Å². The molecule has 2 rings (SSSR count). The van der Waals surface area contributed by atoms with Crippen molar-refractivity contribution in [3.8, 4) is 5.69 Å². The summed E-state index contributed by atoms with van der Waals surface area (Å²) in [4.78, 5) is 0. The molecule has 0 saturated heterocycles. The molecule has 0 bridgehead atoms. The third-order valence-corrected chi connectivity index (χ3v) is 3.07. The Morgan fingerprint density at radius 3 is 2.70 bits per heavy atom. The lowest BCUT2D eigenvalue weighted by atomic mass is 10.3. The van der Waals surface area contributed by atoms with Crippen molar-refractivity contribution in [2.24, 2.45) is 0 Å². The predicted molar refractivity (Wildman–Crippen MR) is 72.7 cm³/mol. The summed E-state index contributed by atoms with van der Waals surface area (Å²) in [6.45, 7) is 1.62. The van der Waals surface area contributed by atoms with E-state index in [1.54, 1.807) is 7.11 Å². The first-order valence-corrected chi connectivity index (χ1v) is 6.51. The molecular formula is C11H12Cl2FN5O. The molecule has 9 heteroatoms. The lowest BCUT2D eigenvalue weighted by Gasteiger charge is -2.09. The molecule has 0 amide bonds. The Morgan fingerprint density at radius 2 is 2.05 bits per heavy atom. The molecule has 1 aromatic heterocycles. The standard InChI is InChI=1S/C11H12Cl2FN5O/c1-20-3-2-15-6-10-16-17-18-19(10)11-8(12)4-7(14)5-9(11)13/h4-5,15H,2-3,6H2,1H3. The summed E-state index contributed by atoms with van der Waals surface area (Å²) in [5.74, 6) is -0.00638. The molecular weight excluding hydrogens is 308 g/mol. The smallest absolute Gasteiger partial charge is 0.170 e. The first-order valence-electron chi connectivity index (χ1n) is 5.75. The number of hydrogen-bond acceptors (Lipinski definition) is 5. The number of rotatable bonds is 6. The van der Waals surface area contributed by atoms with Crippen LogP contribution in [0.4, 0.5) is 4.39 Å². The highest BCUT2D eigenvalue weighted by atomic mass is 35.5. The van der Waals surface area contributed by atoms with Crippen molar-refractivity contribution in [1.82, 2.24) is 25.5 Å². The van der Waals surface area contributed by atoms with Crippen LogP contribution in [0.1, 0.15) is 5.82 Å². The predicted octanol–water partition coefficient (Wildman–Crippen LogP) is 1.84. The van der Waals surface area contributed by atoms with Gasteiger partial charge in [0.15, 0.2) is 5.82 Å². The lowest BCUT2D eigenvalue weighted by Crippen LogP contribution is -2.21. The van der Waals surface area contributed by atoms with Gasteiger partial charge >= 0.3 is 0 Å². The third kappa shape index (κ3) is 3.43. The van der Waals surface area contributed by atoms with Gasteiger partial charge in [-0.1, -0.05) is 23.2 Å². The molecule has 0 spiro atoms. The quantitative estimate of drug-likeness (QED) is 0.823. The molecule has 1 N–H and O–H groups in total. The first-order chi connectivity index (χ1) is 9.63.